The molecular formula is C24H32ClN5O5. The van der Waals surface area contributed by atoms with Crippen molar-refractivity contribution in [2.24, 2.45) is 29.2 Å². The lowest BCUT2D eigenvalue weighted by Gasteiger charge is -2.36. The SMILES string of the molecule is COc1cc(Cl)cc2c1C[C@@](C(N)=O)(C(CC1CC1)C(=O)N[C@@H](C[C@@H]1CCCNC1=O)C(N)=O)N2. The van der Waals surface area contributed by atoms with Crippen molar-refractivity contribution in [1.82, 2.24) is 10.6 Å². The summed E-state index contributed by atoms with van der Waals surface area (Å²) in [4.78, 5) is 51.1. The Balaban J connectivity index is 1.61. The number of nitrogens with one attached hydrogen (secondary N) is 3. The molecule has 1 aliphatic carbocycles. The number of anilines is 1. The largest absolute Gasteiger partial charge is 0.496 e. The van der Waals surface area contributed by atoms with E-state index in [0.29, 0.717) is 41.4 Å². The lowest BCUT2D eigenvalue weighted by Crippen LogP contribution is -2.61. The van der Waals surface area contributed by atoms with E-state index in [1.54, 1.807) is 12.1 Å². The third kappa shape index (κ3) is 5.17. The van der Waals surface area contributed by atoms with Gasteiger partial charge < -0.3 is 32.2 Å². The topological polar surface area (TPSA) is 166 Å². The lowest BCUT2D eigenvalue weighted by molar-refractivity contribution is -0.136. The first-order valence-electron chi connectivity index (χ1n) is 12.0. The molecule has 11 heteroatoms. The molecule has 1 saturated heterocycles. The Morgan fingerprint density at radius 2 is 1.97 bits per heavy atom. The molecule has 1 aromatic rings. The molecule has 7 N–H and O–H groups in total. The van der Waals surface area contributed by atoms with E-state index in [9.17, 15) is 19.2 Å². The molecule has 35 heavy (non-hydrogen) atoms. The van der Waals surface area contributed by atoms with E-state index in [0.717, 1.165) is 19.3 Å². The van der Waals surface area contributed by atoms with Crippen molar-refractivity contribution in [3.63, 3.8) is 0 Å². The van der Waals surface area contributed by atoms with Crippen molar-refractivity contribution in [2.75, 3.05) is 19.0 Å². The van der Waals surface area contributed by atoms with Crippen LogP contribution in [0.5, 0.6) is 5.75 Å². The number of hydrogen-bond acceptors (Lipinski definition) is 6. The minimum Gasteiger partial charge on any atom is -0.496 e. The van der Waals surface area contributed by atoms with Crippen LogP contribution in [0.1, 0.15) is 44.1 Å². The fourth-order valence-corrected chi connectivity index (χ4v) is 5.47. The van der Waals surface area contributed by atoms with Crippen LogP contribution in [0.15, 0.2) is 12.1 Å². The molecule has 1 aromatic carbocycles. The zero-order valence-electron chi connectivity index (χ0n) is 19.7. The molecule has 3 aliphatic rings. The van der Waals surface area contributed by atoms with Gasteiger partial charge in [-0.05, 0) is 43.7 Å². The Morgan fingerprint density at radius 1 is 1.23 bits per heavy atom. The van der Waals surface area contributed by atoms with Gasteiger partial charge in [-0.2, -0.15) is 0 Å². The van der Waals surface area contributed by atoms with Gasteiger partial charge in [-0.1, -0.05) is 24.4 Å². The molecule has 4 amide bonds. The Bertz CT molecular complexity index is 1050. The van der Waals surface area contributed by atoms with E-state index in [2.05, 4.69) is 16.0 Å². The number of methoxy groups -OCH3 is 1. The summed E-state index contributed by atoms with van der Waals surface area (Å²) in [5, 5.41) is 9.12. The molecule has 4 atom stereocenters. The van der Waals surface area contributed by atoms with E-state index in [-0.39, 0.29) is 24.7 Å². The molecule has 4 rings (SSSR count). The van der Waals surface area contributed by atoms with Crippen LogP contribution in [0.3, 0.4) is 0 Å². The number of nitrogens with two attached hydrogens (primary N) is 2. The number of carbonyl (C=O) groups is 4. The van der Waals surface area contributed by atoms with Gasteiger partial charge in [0.15, 0.2) is 0 Å². The lowest BCUT2D eigenvalue weighted by atomic mass is 9.76. The van der Waals surface area contributed by atoms with Gasteiger partial charge in [0.25, 0.3) is 0 Å². The molecule has 190 valence electrons. The zero-order valence-corrected chi connectivity index (χ0v) is 20.5. The van der Waals surface area contributed by atoms with Crippen LogP contribution >= 0.6 is 11.6 Å². The predicted molar refractivity (Wildman–Crippen MR) is 130 cm³/mol. The van der Waals surface area contributed by atoms with Crippen molar-refractivity contribution >= 4 is 40.9 Å². The molecule has 10 nitrogen and oxygen atoms in total. The third-order valence-electron chi connectivity index (χ3n) is 7.40. The van der Waals surface area contributed by atoms with Gasteiger partial charge in [0.1, 0.15) is 17.3 Å². The van der Waals surface area contributed by atoms with Gasteiger partial charge in [-0.3, -0.25) is 19.2 Å². The van der Waals surface area contributed by atoms with Crippen LogP contribution in [0, 0.1) is 17.8 Å². The molecule has 0 aromatic heterocycles. The number of primary amides is 2. The third-order valence-corrected chi connectivity index (χ3v) is 7.62. The van der Waals surface area contributed by atoms with Gasteiger partial charge in [0, 0.05) is 35.2 Å². The standard InChI is InChI=1S/C24H32ClN5O5/c1-35-19-10-14(25)9-17-15(19)11-24(30-17,23(27)34)16(7-12-4-5-12)22(33)29-18(20(26)31)8-13-3-2-6-28-21(13)32/h9-10,12-13,16,18,30H,2-8,11H2,1H3,(H2,26,31)(H2,27,34)(H,28,32)(H,29,33)/t13-,16?,18-,24-/m0/s1. The van der Waals surface area contributed by atoms with Crippen molar-refractivity contribution in [3.05, 3.63) is 22.7 Å². The number of benzene rings is 1. The molecule has 0 radical (unpaired) electrons. The highest BCUT2D eigenvalue weighted by atomic mass is 35.5. The second-order valence-electron chi connectivity index (χ2n) is 9.83. The van der Waals surface area contributed by atoms with Gasteiger partial charge in [0.2, 0.25) is 23.6 Å². The van der Waals surface area contributed by atoms with Crippen molar-refractivity contribution < 1.29 is 23.9 Å². The van der Waals surface area contributed by atoms with Crippen LogP contribution < -0.4 is 32.2 Å². The Labute approximate surface area is 208 Å². The smallest absolute Gasteiger partial charge is 0.244 e. The summed E-state index contributed by atoms with van der Waals surface area (Å²) in [7, 11) is 1.50. The number of ether oxygens (including phenoxy) is 1. The summed E-state index contributed by atoms with van der Waals surface area (Å²) < 4.78 is 5.46. The molecule has 0 spiro atoms. The van der Waals surface area contributed by atoms with E-state index in [1.165, 1.54) is 7.11 Å². The first-order chi connectivity index (χ1) is 16.6. The summed E-state index contributed by atoms with van der Waals surface area (Å²) in [6, 6.07) is 2.27. The van der Waals surface area contributed by atoms with Gasteiger partial charge in [-0.15, -0.1) is 0 Å². The first-order valence-corrected chi connectivity index (χ1v) is 12.3. The average molecular weight is 506 g/mol. The number of amides is 4. The highest BCUT2D eigenvalue weighted by Crippen LogP contribution is 2.47. The van der Waals surface area contributed by atoms with Gasteiger partial charge >= 0.3 is 0 Å². The monoisotopic (exact) mass is 505 g/mol. The quantitative estimate of drug-likeness (QED) is 0.316. The van der Waals surface area contributed by atoms with Crippen LogP contribution in [-0.4, -0.2) is 48.9 Å². The molecular weight excluding hydrogens is 474 g/mol. The summed E-state index contributed by atoms with van der Waals surface area (Å²) in [5.41, 5.74) is 11.4. The number of fused-ring (bicyclic) bond motifs is 1. The average Bonchev–Trinajstić information content (AvgIpc) is 3.55. The maximum absolute atomic E-state index is 13.7. The van der Waals surface area contributed by atoms with Crippen LogP contribution in [-0.2, 0) is 25.6 Å². The minimum absolute atomic E-state index is 0.101. The molecule has 0 bridgehead atoms. The number of carbonyl (C=O) groups excluding carboxylic acids is 4. The van der Waals surface area contributed by atoms with Gasteiger partial charge in [0.05, 0.1) is 13.0 Å². The number of hydrogen-bond donors (Lipinski definition) is 5. The first kappa shape index (κ1) is 25.1. The maximum atomic E-state index is 13.7. The summed E-state index contributed by atoms with van der Waals surface area (Å²) in [6.45, 7) is 0.591. The predicted octanol–water partition coefficient (Wildman–Crippen LogP) is 0.843. The highest BCUT2D eigenvalue weighted by molar-refractivity contribution is 6.31. The summed E-state index contributed by atoms with van der Waals surface area (Å²) >= 11 is 6.23. The minimum atomic E-state index is -1.43. The molecule has 2 aliphatic heterocycles. The Morgan fingerprint density at radius 3 is 2.57 bits per heavy atom. The molecule has 1 unspecified atom stereocenters. The molecule has 2 fully saturated rings. The number of halogens is 1. The van der Waals surface area contributed by atoms with E-state index in [1.807, 2.05) is 0 Å². The highest BCUT2D eigenvalue weighted by Gasteiger charge is 2.54. The van der Waals surface area contributed by atoms with Crippen molar-refractivity contribution in [1.29, 1.82) is 0 Å². The Kier molecular flexibility index (Phi) is 7.12. The fourth-order valence-electron chi connectivity index (χ4n) is 5.26. The van der Waals surface area contributed by atoms with E-state index >= 15 is 0 Å². The number of piperidine rings is 1. The van der Waals surface area contributed by atoms with Gasteiger partial charge in [-0.25, -0.2) is 0 Å². The van der Waals surface area contributed by atoms with E-state index < -0.39 is 41.1 Å². The molecule has 2 heterocycles. The van der Waals surface area contributed by atoms with E-state index in [4.69, 9.17) is 27.8 Å². The second kappa shape index (κ2) is 9.93. The summed E-state index contributed by atoms with van der Waals surface area (Å²) in [6.07, 6.45) is 3.95. The molecule has 1 saturated carbocycles. The van der Waals surface area contributed by atoms with Crippen molar-refractivity contribution in [3.8, 4) is 5.75 Å². The fraction of sp³-hybridized carbons (Fsp3) is 0.583. The second-order valence-corrected chi connectivity index (χ2v) is 10.3. The van der Waals surface area contributed by atoms with Crippen LogP contribution in [0.2, 0.25) is 5.02 Å². The normalized spacial score (nSPS) is 25.0. The zero-order chi connectivity index (χ0) is 25.3. The maximum Gasteiger partial charge on any atom is 0.244 e. The Hall–Kier alpha value is -3.01. The number of rotatable bonds is 10. The van der Waals surface area contributed by atoms with Crippen LogP contribution in [0.4, 0.5) is 5.69 Å². The van der Waals surface area contributed by atoms with Crippen molar-refractivity contribution in [2.45, 2.75) is 56.5 Å². The van der Waals surface area contributed by atoms with Crippen LogP contribution in [0.25, 0.3) is 0 Å². The summed E-state index contributed by atoms with van der Waals surface area (Å²) in [5.74, 6) is -2.60.